The zero-order valence-corrected chi connectivity index (χ0v) is 11.9. The van der Waals surface area contributed by atoms with Crippen molar-refractivity contribution in [3.8, 4) is 0 Å². The third-order valence-electron chi connectivity index (χ3n) is 2.92. The van der Waals surface area contributed by atoms with Gasteiger partial charge in [0.2, 0.25) is 0 Å². The number of hydrogen-bond acceptors (Lipinski definition) is 4. The number of carbonyl (C=O) groups is 1. The lowest BCUT2D eigenvalue weighted by Gasteiger charge is -2.19. The lowest BCUT2D eigenvalue weighted by atomic mass is 10.2. The Morgan fingerprint density at radius 1 is 1.37 bits per heavy atom. The molecular formula is C15H24N2O2. The zero-order valence-electron chi connectivity index (χ0n) is 11.9. The van der Waals surface area contributed by atoms with Crippen LogP contribution in [0.3, 0.4) is 0 Å². The first-order valence-corrected chi connectivity index (χ1v) is 6.88. The maximum absolute atomic E-state index is 11.7. The number of ether oxygens (including phenoxy) is 1. The Morgan fingerprint density at radius 2 is 2.16 bits per heavy atom. The van der Waals surface area contributed by atoms with Gasteiger partial charge in [0.1, 0.15) is 0 Å². The second-order valence-corrected chi connectivity index (χ2v) is 4.62. The molecule has 1 aromatic carbocycles. The third kappa shape index (κ3) is 6.25. The number of carbonyl (C=O) groups excluding carboxylic acids is 1. The number of anilines is 1. The van der Waals surface area contributed by atoms with Crippen LogP contribution in [0.15, 0.2) is 24.3 Å². The summed E-state index contributed by atoms with van der Waals surface area (Å²) in [5.74, 6) is -0.154. The van der Waals surface area contributed by atoms with Crippen LogP contribution in [0.25, 0.3) is 0 Å². The van der Waals surface area contributed by atoms with Crippen LogP contribution in [0.1, 0.15) is 32.3 Å². The molecule has 0 saturated carbocycles. The molecule has 19 heavy (non-hydrogen) atoms. The number of hydrogen-bond donors (Lipinski definition) is 1. The van der Waals surface area contributed by atoms with Crippen LogP contribution >= 0.6 is 0 Å². The van der Waals surface area contributed by atoms with Crippen molar-refractivity contribution >= 4 is 11.7 Å². The summed E-state index contributed by atoms with van der Waals surface area (Å²) in [6.45, 7) is 6.47. The first-order valence-electron chi connectivity index (χ1n) is 6.88. The molecule has 0 bridgehead atoms. The number of nitrogen functional groups attached to an aromatic ring is 1. The highest BCUT2D eigenvalue weighted by Gasteiger charge is 2.10. The van der Waals surface area contributed by atoms with E-state index in [1.807, 2.05) is 36.1 Å². The number of rotatable bonds is 8. The monoisotopic (exact) mass is 264 g/mol. The molecule has 0 atom stereocenters. The Kier molecular flexibility index (Phi) is 6.97. The molecule has 0 heterocycles. The van der Waals surface area contributed by atoms with E-state index in [9.17, 15) is 4.79 Å². The average molecular weight is 264 g/mol. The van der Waals surface area contributed by atoms with Gasteiger partial charge in [-0.15, -0.1) is 0 Å². The van der Waals surface area contributed by atoms with Gasteiger partial charge in [-0.2, -0.15) is 0 Å². The maximum Gasteiger partial charge on any atom is 0.320 e. The van der Waals surface area contributed by atoms with Crippen LogP contribution in [0.4, 0.5) is 5.69 Å². The van der Waals surface area contributed by atoms with Gasteiger partial charge in [-0.1, -0.05) is 32.4 Å². The Bertz CT molecular complexity index is 393. The molecular weight excluding hydrogens is 240 g/mol. The normalized spacial score (nSPS) is 10.7. The highest BCUT2D eigenvalue weighted by atomic mass is 16.5. The number of benzene rings is 1. The fourth-order valence-electron chi connectivity index (χ4n) is 1.79. The molecule has 1 aromatic rings. The Morgan fingerprint density at radius 3 is 2.79 bits per heavy atom. The van der Waals surface area contributed by atoms with Crippen molar-refractivity contribution in [1.29, 1.82) is 0 Å². The number of unbranched alkanes of at least 4 members (excludes halogenated alkanes) is 1. The van der Waals surface area contributed by atoms with E-state index in [2.05, 4.69) is 6.92 Å². The van der Waals surface area contributed by atoms with E-state index in [0.29, 0.717) is 19.7 Å². The molecule has 4 heteroatoms. The SMILES string of the molecule is CCCCOC(=O)CN(CC)Cc1cccc(N)c1. The van der Waals surface area contributed by atoms with Crippen molar-refractivity contribution in [3.05, 3.63) is 29.8 Å². The van der Waals surface area contributed by atoms with Gasteiger partial charge in [-0.25, -0.2) is 0 Å². The number of likely N-dealkylation sites (N-methyl/N-ethyl adjacent to an activating group) is 1. The second kappa shape index (κ2) is 8.53. The molecule has 0 unspecified atom stereocenters. The van der Waals surface area contributed by atoms with Gasteiger partial charge in [0, 0.05) is 12.2 Å². The third-order valence-corrected chi connectivity index (χ3v) is 2.92. The summed E-state index contributed by atoms with van der Waals surface area (Å²) in [6, 6.07) is 7.74. The topological polar surface area (TPSA) is 55.6 Å². The predicted octanol–water partition coefficient (Wildman–Crippen LogP) is 2.43. The van der Waals surface area contributed by atoms with E-state index in [1.165, 1.54) is 0 Å². The molecule has 106 valence electrons. The van der Waals surface area contributed by atoms with E-state index >= 15 is 0 Å². The largest absolute Gasteiger partial charge is 0.465 e. The molecule has 0 spiro atoms. The highest BCUT2D eigenvalue weighted by Crippen LogP contribution is 2.09. The number of esters is 1. The van der Waals surface area contributed by atoms with Crippen LogP contribution in [0, 0.1) is 0 Å². The summed E-state index contributed by atoms with van der Waals surface area (Å²) < 4.78 is 5.17. The smallest absolute Gasteiger partial charge is 0.320 e. The predicted molar refractivity (Wildman–Crippen MR) is 77.7 cm³/mol. The van der Waals surface area contributed by atoms with E-state index in [-0.39, 0.29) is 5.97 Å². The minimum atomic E-state index is -0.154. The zero-order chi connectivity index (χ0) is 14.1. The molecule has 0 aliphatic carbocycles. The van der Waals surface area contributed by atoms with Gasteiger partial charge in [0.05, 0.1) is 13.2 Å². The fraction of sp³-hybridized carbons (Fsp3) is 0.533. The first kappa shape index (κ1) is 15.5. The molecule has 0 aliphatic rings. The summed E-state index contributed by atoms with van der Waals surface area (Å²) in [5.41, 5.74) is 7.61. The second-order valence-electron chi connectivity index (χ2n) is 4.62. The van der Waals surface area contributed by atoms with E-state index < -0.39 is 0 Å². The highest BCUT2D eigenvalue weighted by molar-refractivity contribution is 5.71. The van der Waals surface area contributed by atoms with Gasteiger partial charge in [-0.3, -0.25) is 9.69 Å². The molecule has 1 rings (SSSR count). The summed E-state index contributed by atoms with van der Waals surface area (Å²) in [7, 11) is 0. The van der Waals surface area contributed by atoms with Crippen LogP contribution in [-0.2, 0) is 16.1 Å². The summed E-state index contributed by atoms with van der Waals surface area (Å²) in [6.07, 6.45) is 1.96. The number of nitrogens with two attached hydrogens (primary N) is 1. The van der Waals surface area contributed by atoms with Crippen LogP contribution in [0.2, 0.25) is 0 Å². The van der Waals surface area contributed by atoms with Crippen molar-refractivity contribution in [2.45, 2.75) is 33.2 Å². The summed E-state index contributed by atoms with van der Waals surface area (Å²) in [5, 5.41) is 0. The standard InChI is InChI=1S/C15H24N2O2/c1-3-5-9-19-15(18)12-17(4-2)11-13-7-6-8-14(16)10-13/h6-8,10H,3-5,9,11-12,16H2,1-2H3. The van der Waals surface area contributed by atoms with Crippen molar-refractivity contribution in [3.63, 3.8) is 0 Å². The Balaban J connectivity index is 2.43. The molecule has 0 fully saturated rings. The van der Waals surface area contributed by atoms with E-state index in [0.717, 1.165) is 30.6 Å². The Hall–Kier alpha value is -1.55. The van der Waals surface area contributed by atoms with E-state index in [1.54, 1.807) is 0 Å². The summed E-state index contributed by atoms with van der Waals surface area (Å²) >= 11 is 0. The fourth-order valence-corrected chi connectivity index (χ4v) is 1.79. The van der Waals surface area contributed by atoms with Crippen molar-refractivity contribution < 1.29 is 9.53 Å². The molecule has 0 aliphatic heterocycles. The molecule has 2 N–H and O–H groups in total. The maximum atomic E-state index is 11.7. The molecule has 0 saturated heterocycles. The van der Waals surface area contributed by atoms with Crippen LogP contribution < -0.4 is 5.73 Å². The Labute approximate surface area is 115 Å². The van der Waals surface area contributed by atoms with Gasteiger partial charge < -0.3 is 10.5 Å². The van der Waals surface area contributed by atoms with Crippen LogP contribution in [0.5, 0.6) is 0 Å². The van der Waals surface area contributed by atoms with Gasteiger partial charge in [0.15, 0.2) is 0 Å². The van der Waals surface area contributed by atoms with Gasteiger partial charge >= 0.3 is 5.97 Å². The van der Waals surface area contributed by atoms with Gasteiger partial charge in [-0.05, 0) is 30.7 Å². The molecule has 0 radical (unpaired) electrons. The summed E-state index contributed by atoms with van der Waals surface area (Å²) in [4.78, 5) is 13.7. The lowest BCUT2D eigenvalue weighted by Crippen LogP contribution is -2.30. The van der Waals surface area contributed by atoms with Crippen molar-refractivity contribution in [2.75, 3.05) is 25.4 Å². The van der Waals surface area contributed by atoms with Crippen molar-refractivity contribution in [2.24, 2.45) is 0 Å². The molecule has 0 amide bonds. The quantitative estimate of drug-likeness (QED) is 0.445. The first-order chi connectivity index (χ1) is 9.15. The molecule has 0 aromatic heterocycles. The number of nitrogens with zero attached hydrogens (tertiary/aromatic N) is 1. The minimum absolute atomic E-state index is 0.154. The average Bonchev–Trinajstić information content (AvgIpc) is 2.38. The minimum Gasteiger partial charge on any atom is -0.465 e. The van der Waals surface area contributed by atoms with Crippen LogP contribution in [-0.4, -0.2) is 30.6 Å². The van der Waals surface area contributed by atoms with E-state index in [4.69, 9.17) is 10.5 Å². The molecule has 4 nitrogen and oxygen atoms in total. The lowest BCUT2D eigenvalue weighted by molar-refractivity contribution is -0.145. The van der Waals surface area contributed by atoms with Gasteiger partial charge in [0.25, 0.3) is 0 Å². The van der Waals surface area contributed by atoms with Crippen molar-refractivity contribution in [1.82, 2.24) is 4.90 Å².